The summed E-state index contributed by atoms with van der Waals surface area (Å²) in [5.74, 6) is -0.280. The number of thiophene rings is 1. The molecule has 1 aliphatic rings. The number of aryl methyl sites for hydroxylation is 1. The van der Waals surface area contributed by atoms with Crippen LogP contribution in [0.15, 0.2) is 70.2 Å². The van der Waals surface area contributed by atoms with Crippen LogP contribution in [0.3, 0.4) is 0 Å². The van der Waals surface area contributed by atoms with Gasteiger partial charge in [-0.15, -0.1) is 11.3 Å². The van der Waals surface area contributed by atoms with Gasteiger partial charge in [-0.05, 0) is 60.7 Å². The lowest BCUT2D eigenvalue weighted by Crippen LogP contribution is -2.46. The Kier molecular flexibility index (Phi) is 5.26. The quantitative estimate of drug-likeness (QED) is 0.397. The van der Waals surface area contributed by atoms with Gasteiger partial charge < -0.3 is 9.84 Å². The molecule has 0 radical (unpaired) electrons. The van der Waals surface area contributed by atoms with Crippen molar-refractivity contribution in [2.24, 2.45) is 0 Å². The van der Waals surface area contributed by atoms with Gasteiger partial charge in [0, 0.05) is 5.70 Å². The molecule has 1 N–H and O–H groups in total. The molecule has 9 heteroatoms. The highest BCUT2D eigenvalue weighted by atomic mass is 32.1. The predicted octanol–water partition coefficient (Wildman–Crippen LogP) is 6.09. The summed E-state index contributed by atoms with van der Waals surface area (Å²) in [5, 5.41) is 8.86. The van der Waals surface area contributed by atoms with E-state index in [4.69, 9.17) is 4.52 Å². The van der Waals surface area contributed by atoms with Gasteiger partial charge in [0.1, 0.15) is 11.6 Å². The Morgan fingerprint density at radius 2 is 1.94 bits per heavy atom. The van der Waals surface area contributed by atoms with Crippen molar-refractivity contribution in [2.75, 3.05) is 4.90 Å². The van der Waals surface area contributed by atoms with Crippen LogP contribution in [0.25, 0.3) is 16.3 Å². The maximum absolute atomic E-state index is 14.3. The van der Waals surface area contributed by atoms with Gasteiger partial charge in [-0.25, -0.2) is 13.6 Å². The van der Waals surface area contributed by atoms with E-state index < -0.39 is 23.7 Å². The maximum Gasteiger partial charge on any atom is 0.327 e. The fourth-order valence-corrected chi connectivity index (χ4v) is 4.48. The van der Waals surface area contributed by atoms with E-state index in [0.29, 0.717) is 33.9 Å². The predicted molar refractivity (Wildman–Crippen MR) is 121 cm³/mol. The Bertz CT molecular complexity index is 1380. The first-order valence-electron chi connectivity index (χ1n) is 10.1. The number of hydrogen-bond donors (Lipinski definition) is 1. The number of halogens is 2. The van der Waals surface area contributed by atoms with Crippen LogP contribution in [0.5, 0.6) is 0 Å². The molecule has 2 amide bonds. The van der Waals surface area contributed by atoms with Gasteiger partial charge >= 0.3 is 6.03 Å². The monoisotopic (exact) mass is 464 g/mol. The zero-order valence-electron chi connectivity index (χ0n) is 17.7. The van der Waals surface area contributed by atoms with Crippen LogP contribution in [0.2, 0.25) is 0 Å². The van der Waals surface area contributed by atoms with Gasteiger partial charge in [0.2, 0.25) is 5.82 Å². The van der Waals surface area contributed by atoms with E-state index in [-0.39, 0.29) is 5.89 Å². The largest absolute Gasteiger partial charge is 0.334 e. The van der Waals surface area contributed by atoms with E-state index in [1.54, 1.807) is 38.1 Å². The van der Waals surface area contributed by atoms with Crippen LogP contribution in [0, 0.1) is 18.6 Å². The molecule has 0 bridgehead atoms. The molecule has 5 rings (SSSR count). The highest BCUT2D eigenvalue weighted by Crippen LogP contribution is 2.39. The molecule has 1 unspecified atom stereocenters. The maximum atomic E-state index is 14.3. The molecule has 0 saturated carbocycles. The summed E-state index contributed by atoms with van der Waals surface area (Å²) in [6.07, 6.45) is 0. The number of amides is 2. The smallest absolute Gasteiger partial charge is 0.327 e. The van der Waals surface area contributed by atoms with Gasteiger partial charge in [-0.1, -0.05) is 29.4 Å². The summed E-state index contributed by atoms with van der Waals surface area (Å²) >= 11 is 1.46. The van der Waals surface area contributed by atoms with E-state index in [2.05, 4.69) is 15.5 Å². The summed E-state index contributed by atoms with van der Waals surface area (Å²) in [4.78, 5) is 19.8. The molecule has 0 aliphatic carbocycles. The Labute approximate surface area is 192 Å². The fourth-order valence-electron chi connectivity index (χ4n) is 3.83. The van der Waals surface area contributed by atoms with E-state index in [9.17, 15) is 13.6 Å². The van der Waals surface area contributed by atoms with Crippen LogP contribution in [0.4, 0.5) is 19.3 Å². The number of carbonyl (C=O) groups is 1. The molecule has 3 heterocycles. The minimum Gasteiger partial charge on any atom is -0.334 e. The van der Waals surface area contributed by atoms with E-state index in [1.807, 2.05) is 17.5 Å². The summed E-state index contributed by atoms with van der Waals surface area (Å²) in [6, 6.07) is 13.0. The summed E-state index contributed by atoms with van der Waals surface area (Å²) in [6.45, 7) is 3.36. The average molecular weight is 464 g/mol. The molecule has 2 aromatic heterocycles. The van der Waals surface area contributed by atoms with Gasteiger partial charge in [0.25, 0.3) is 5.89 Å². The molecule has 0 saturated heterocycles. The fraction of sp³-hybridized carbons (Fsp3) is 0.125. The minimum atomic E-state index is -0.739. The molecule has 4 aromatic rings. The summed E-state index contributed by atoms with van der Waals surface area (Å²) in [5.41, 5.74) is 2.30. The zero-order valence-corrected chi connectivity index (χ0v) is 18.5. The van der Waals surface area contributed by atoms with E-state index in [0.717, 1.165) is 4.88 Å². The Hall–Kier alpha value is -3.85. The van der Waals surface area contributed by atoms with Crippen LogP contribution in [-0.2, 0) is 0 Å². The SMILES string of the molecule is CC1=C(c2nc(-c3cccs3)no2)C(c2cccc(F)c2)NC(=O)N1c1ccc(C)c(F)c1. The second kappa shape index (κ2) is 8.25. The highest BCUT2D eigenvalue weighted by Gasteiger charge is 2.36. The highest BCUT2D eigenvalue weighted by molar-refractivity contribution is 7.13. The zero-order chi connectivity index (χ0) is 23.1. The first kappa shape index (κ1) is 21.0. The number of nitrogens with one attached hydrogen (secondary N) is 1. The number of rotatable bonds is 4. The number of hydrogen-bond acceptors (Lipinski definition) is 5. The van der Waals surface area contributed by atoms with Gasteiger partial charge in [-0.2, -0.15) is 4.98 Å². The number of aromatic nitrogens is 2. The first-order chi connectivity index (χ1) is 15.9. The van der Waals surface area contributed by atoms with Crippen molar-refractivity contribution in [3.8, 4) is 10.7 Å². The molecular weight excluding hydrogens is 446 g/mol. The van der Waals surface area contributed by atoms with Crippen molar-refractivity contribution >= 4 is 28.6 Å². The van der Waals surface area contributed by atoms with Gasteiger partial charge in [-0.3, -0.25) is 4.90 Å². The van der Waals surface area contributed by atoms with Crippen molar-refractivity contribution in [1.29, 1.82) is 0 Å². The third-order valence-corrected chi connectivity index (χ3v) is 6.34. The van der Waals surface area contributed by atoms with Crippen LogP contribution >= 0.6 is 11.3 Å². The number of urea groups is 1. The van der Waals surface area contributed by atoms with Crippen LogP contribution < -0.4 is 10.2 Å². The third kappa shape index (κ3) is 3.80. The normalized spacial score (nSPS) is 16.3. The molecule has 6 nitrogen and oxygen atoms in total. The van der Waals surface area contributed by atoms with Crippen molar-refractivity contribution < 1.29 is 18.1 Å². The van der Waals surface area contributed by atoms with Crippen molar-refractivity contribution in [3.63, 3.8) is 0 Å². The van der Waals surface area contributed by atoms with Crippen LogP contribution in [-0.4, -0.2) is 16.2 Å². The standard InChI is InChI=1S/C24H18F2N4O2S/c1-13-8-9-17(12-18(13)26)30-14(2)20(23-28-22(29-32-23)19-7-4-10-33-19)21(27-24(30)31)15-5-3-6-16(25)11-15/h3-12,21H,1-2H3,(H,27,31). The topological polar surface area (TPSA) is 71.3 Å². The number of anilines is 1. The molecule has 0 fully saturated rings. The second-order valence-electron chi connectivity index (χ2n) is 7.61. The number of nitrogens with zero attached hydrogens (tertiary/aromatic N) is 3. The summed E-state index contributed by atoms with van der Waals surface area (Å²) in [7, 11) is 0. The lowest BCUT2D eigenvalue weighted by Gasteiger charge is -2.35. The molecule has 1 atom stereocenters. The van der Waals surface area contributed by atoms with Gasteiger partial charge in [0.15, 0.2) is 0 Å². The minimum absolute atomic E-state index is 0.183. The Morgan fingerprint density at radius 1 is 1.09 bits per heavy atom. The van der Waals surface area contributed by atoms with Crippen LogP contribution in [0.1, 0.15) is 30.0 Å². The van der Waals surface area contributed by atoms with Crippen molar-refractivity contribution in [3.05, 3.63) is 94.3 Å². The Balaban J connectivity index is 1.68. The Morgan fingerprint density at radius 3 is 2.67 bits per heavy atom. The first-order valence-corrected chi connectivity index (χ1v) is 11.0. The average Bonchev–Trinajstić information content (AvgIpc) is 3.48. The molecule has 2 aromatic carbocycles. The van der Waals surface area contributed by atoms with Gasteiger partial charge in [0.05, 0.1) is 22.2 Å². The molecular formula is C24H18F2N4O2S. The van der Waals surface area contributed by atoms with Crippen molar-refractivity contribution in [2.45, 2.75) is 19.9 Å². The molecule has 0 spiro atoms. The third-order valence-electron chi connectivity index (χ3n) is 5.48. The van der Waals surface area contributed by atoms with Crippen molar-refractivity contribution in [1.82, 2.24) is 15.5 Å². The number of carbonyl (C=O) groups excluding carboxylic acids is 1. The van der Waals surface area contributed by atoms with E-state index in [1.165, 1.54) is 34.4 Å². The molecule has 33 heavy (non-hydrogen) atoms. The van der Waals surface area contributed by atoms with E-state index >= 15 is 0 Å². The summed E-state index contributed by atoms with van der Waals surface area (Å²) < 4.78 is 33.9. The number of allylic oxidation sites excluding steroid dienone is 1. The second-order valence-corrected chi connectivity index (χ2v) is 8.55. The molecule has 1 aliphatic heterocycles. The molecule has 166 valence electrons. The number of benzene rings is 2. The lowest BCUT2D eigenvalue weighted by molar-refractivity contribution is 0.244. The lowest BCUT2D eigenvalue weighted by atomic mass is 9.94.